The molecule has 0 unspecified atom stereocenters. The molecular formula is C43H34FN5. The summed E-state index contributed by atoms with van der Waals surface area (Å²) in [5.41, 5.74) is 5.61. The van der Waals surface area contributed by atoms with Crippen LogP contribution in [0.15, 0.2) is 164 Å². The molecule has 0 aliphatic rings. The Morgan fingerprint density at radius 1 is 0.694 bits per heavy atom. The van der Waals surface area contributed by atoms with Crippen molar-refractivity contribution in [1.82, 2.24) is 14.8 Å². The Bertz CT molecular complexity index is 2090. The standard InChI is InChI=1S/C43H34FN5/c1-2-32-25-28-39(44)40(29-32)48(38-26-23-33(30-45)24-27-38)31-41-46-42(34-15-7-3-8-16-34)47-49(41)43(35-17-9-4-10-18-35,36-19-11-5-12-20-36)37-21-13-6-14-22-37/h3-29H,2,31H2,1H3. The van der Waals surface area contributed by atoms with Crippen molar-refractivity contribution in [2.24, 2.45) is 0 Å². The summed E-state index contributed by atoms with van der Waals surface area (Å²) in [6.45, 7) is 2.24. The highest BCUT2D eigenvalue weighted by Crippen LogP contribution is 2.42. The van der Waals surface area contributed by atoms with Crippen LogP contribution in [0, 0.1) is 17.1 Å². The quantitative estimate of drug-likeness (QED) is 0.140. The fourth-order valence-corrected chi connectivity index (χ4v) is 6.49. The van der Waals surface area contributed by atoms with Gasteiger partial charge < -0.3 is 4.90 Å². The summed E-state index contributed by atoms with van der Waals surface area (Å²) in [7, 11) is 0. The molecule has 0 fully saturated rings. The maximum atomic E-state index is 16.0. The van der Waals surface area contributed by atoms with Crippen LogP contribution >= 0.6 is 0 Å². The van der Waals surface area contributed by atoms with Gasteiger partial charge in [0.15, 0.2) is 5.82 Å². The van der Waals surface area contributed by atoms with Crippen LogP contribution in [0.1, 0.15) is 40.6 Å². The largest absolute Gasteiger partial charge is 0.331 e. The molecule has 1 aromatic heterocycles. The van der Waals surface area contributed by atoms with Gasteiger partial charge in [-0.3, -0.25) is 0 Å². The number of anilines is 2. The van der Waals surface area contributed by atoms with E-state index in [1.54, 1.807) is 12.1 Å². The molecular weight excluding hydrogens is 606 g/mol. The van der Waals surface area contributed by atoms with Gasteiger partial charge in [-0.25, -0.2) is 14.1 Å². The maximum Gasteiger partial charge on any atom is 0.181 e. The fraction of sp³-hybridized carbons (Fsp3) is 0.0930. The van der Waals surface area contributed by atoms with E-state index in [0.717, 1.165) is 39.9 Å². The second kappa shape index (κ2) is 13.8. The van der Waals surface area contributed by atoms with Gasteiger partial charge in [0.2, 0.25) is 0 Å². The van der Waals surface area contributed by atoms with E-state index in [9.17, 15) is 5.26 Å². The molecule has 6 aromatic carbocycles. The Hall–Kier alpha value is -6.32. The van der Waals surface area contributed by atoms with E-state index in [1.165, 1.54) is 6.07 Å². The predicted octanol–water partition coefficient (Wildman–Crippen LogP) is 9.70. The highest BCUT2D eigenvalue weighted by molar-refractivity contribution is 5.66. The van der Waals surface area contributed by atoms with Crippen LogP contribution in [-0.4, -0.2) is 14.8 Å². The minimum atomic E-state index is -0.945. The number of aryl methyl sites for hydroxylation is 1. The first-order valence-corrected chi connectivity index (χ1v) is 16.4. The van der Waals surface area contributed by atoms with Crippen LogP contribution in [0.25, 0.3) is 11.4 Å². The summed E-state index contributed by atoms with van der Waals surface area (Å²) in [5.74, 6) is 0.836. The third-order valence-electron chi connectivity index (χ3n) is 8.92. The third-order valence-corrected chi connectivity index (χ3v) is 8.92. The molecule has 1 heterocycles. The van der Waals surface area contributed by atoms with Crippen molar-refractivity contribution in [2.45, 2.75) is 25.4 Å². The summed E-state index contributed by atoms with van der Waals surface area (Å²) >= 11 is 0. The first-order valence-electron chi connectivity index (χ1n) is 16.4. The molecule has 6 heteroatoms. The Kier molecular flexibility index (Phi) is 8.82. The second-order valence-corrected chi connectivity index (χ2v) is 11.8. The highest BCUT2D eigenvalue weighted by atomic mass is 19.1. The predicted molar refractivity (Wildman–Crippen MR) is 193 cm³/mol. The monoisotopic (exact) mass is 639 g/mol. The second-order valence-electron chi connectivity index (χ2n) is 11.8. The van der Waals surface area contributed by atoms with Crippen LogP contribution in [0.3, 0.4) is 0 Å². The van der Waals surface area contributed by atoms with E-state index in [4.69, 9.17) is 10.1 Å². The van der Waals surface area contributed by atoms with Crippen molar-refractivity contribution in [3.63, 3.8) is 0 Å². The molecule has 0 aliphatic heterocycles. The number of hydrogen-bond acceptors (Lipinski definition) is 4. The summed E-state index contributed by atoms with van der Waals surface area (Å²) in [4.78, 5) is 7.18. The zero-order valence-electron chi connectivity index (χ0n) is 27.1. The third kappa shape index (κ3) is 5.99. The van der Waals surface area contributed by atoms with Gasteiger partial charge in [-0.2, -0.15) is 5.26 Å². The van der Waals surface area contributed by atoms with Gasteiger partial charge in [0.05, 0.1) is 23.9 Å². The highest BCUT2D eigenvalue weighted by Gasteiger charge is 2.42. The maximum absolute atomic E-state index is 16.0. The van der Waals surface area contributed by atoms with Crippen LogP contribution in [-0.2, 0) is 18.5 Å². The average Bonchev–Trinajstić information content (AvgIpc) is 3.60. The van der Waals surface area contributed by atoms with Crippen molar-refractivity contribution >= 4 is 11.4 Å². The van der Waals surface area contributed by atoms with Gasteiger partial charge >= 0.3 is 0 Å². The normalized spacial score (nSPS) is 11.2. The van der Waals surface area contributed by atoms with E-state index in [1.807, 2.05) is 119 Å². The number of nitriles is 1. The zero-order valence-corrected chi connectivity index (χ0v) is 27.1. The van der Waals surface area contributed by atoms with Gasteiger partial charge in [0.25, 0.3) is 0 Å². The Morgan fingerprint density at radius 2 is 1.22 bits per heavy atom. The zero-order chi connectivity index (χ0) is 33.6. The lowest BCUT2D eigenvalue weighted by atomic mass is 9.77. The molecule has 0 saturated heterocycles. The molecule has 7 rings (SSSR count). The molecule has 0 spiro atoms. The minimum absolute atomic E-state index is 0.185. The molecule has 5 nitrogen and oxygen atoms in total. The van der Waals surface area contributed by atoms with Crippen LogP contribution in [0.2, 0.25) is 0 Å². The number of rotatable bonds is 10. The molecule has 7 aromatic rings. The van der Waals surface area contributed by atoms with Crippen molar-refractivity contribution in [2.75, 3.05) is 4.90 Å². The van der Waals surface area contributed by atoms with Crippen molar-refractivity contribution in [3.8, 4) is 17.5 Å². The Balaban J connectivity index is 1.54. The number of halogens is 1. The SMILES string of the molecule is CCc1ccc(F)c(N(Cc2nc(-c3ccccc3)nn2C(c2ccccc2)(c2ccccc2)c2ccccc2)c2ccc(C#N)cc2)c1. The van der Waals surface area contributed by atoms with Crippen LogP contribution < -0.4 is 4.90 Å². The van der Waals surface area contributed by atoms with E-state index < -0.39 is 5.54 Å². The van der Waals surface area contributed by atoms with Crippen molar-refractivity contribution in [3.05, 3.63) is 203 Å². The molecule has 0 radical (unpaired) electrons. The number of aromatic nitrogens is 3. The minimum Gasteiger partial charge on any atom is -0.331 e. The van der Waals surface area contributed by atoms with E-state index in [0.29, 0.717) is 22.9 Å². The van der Waals surface area contributed by atoms with Crippen LogP contribution in [0.4, 0.5) is 15.8 Å². The number of benzene rings is 6. The molecule has 238 valence electrons. The molecule has 0 saturated carbocycles. The molecule has 49 heavy (non-hydrogen) atoms. The average molecular weight is 640 g/mol. The lowest BCUT2D eigenvalue weighted by molar-refractivity contribution is 0.439. The van der Waals surface area contributed by atoms with E-state index in [2.05, 4.69) is 49.4 Å². The van der Waals surface area contributed by atoms with Crippen molar-refractivity contribution in [1.29, 1.82) is 5.26 Å². The number of nitrogens with zero attached hydrogens (tertiary/aromatic N) is 5. The lowest BCUT2D eigenvalue weighted by Gasteiger charge is -2.37. The fourth-order valence-electron chi connectivity index (χ4n) is 6.49. The Morgan fingerprint density at radius 3 is 1.73 bits per heavy atom. The molecule has 0 bridgehead atoms. The molecule has 0 amide bonds. The number of hydrogen-bond donors (Lipinski definition) is 0. The van der Waals surface area contributed by atoms with Crippen LogP contribution in [0.5, 0.6) is 0 Å². The first kappa shape index (κ1) is 31.3. The van der Waals surface area contributed by atoms with Crippen molar-refractivity contribution < 1.29 is 4.39 Å². The van der Waals surface area contributed by atoms with Gasteiger partial charge in [0.1, 0.15) is 17.2 Å². The summed E-state index contributed by atoms with van der Waals surface area (Å²) in [6, 6.07) is 55.6. The van der Waals surface area contributed by atoms with E-state index >= 15 is 4.39 Å². The molecule has 0 atom stereocenters. The molecule has 0 aliphatic carbocycles. The smallest absolute Gasteiger partial charge is 0.181 e. The summed E-state index contributed by atoms with van der Waals surface area (Å²) in [5, 5.41) is 14.9. The summed E-state index contributed by atoms with van der Waals surface area (Å²) in [6.07, 6.45) is 0.752. The van der Waals surface area contributed by atoms with Gasteiger partial charge in [-0.05, 0) is 65.1 Å². The molecule has 0 N–H and O–H groups in total. The van der Waals surface area contributed by atoms with Gasteiger partial charge in [0, 0.05) is 11.3 Å². The summed E-state index contributed by atoms with van der Waals surface area (Å²) < 4.78 is 18.0. The topological polar surface area (TPSA) is 57.7 Å². The van der Waals surface area contributed by atoms with E-state index in [-0.39, 0.29) is 12.4 Å². The first-order chi connectivity index (χ1) is 24.1. The lowest BCUT2D eigenvalue weighted by Crippen LogP contribution is -2.40. The van der Waals surface area contributed by atoms with Gasteiger partial charge in [-0.1, -0.05) is 134 Å². The van der Waals surface area contributed by atoms with Gasteiger partial charge in [-0.15, -0.1) is 5.10 Å². The Labute approximate surface area is 286 Å².